The lowest BCUT2D eigenvalue weighted by molar-refractivity contribution is 0.0298. The molecule has 3 heterocycles. The van der Waals surface area contributed by atoms with Crippen LogP contribution in [-0.2, 0) is 24.2 Å². The molecule has 0 bridgehead atoms. The van der Waals surface area contributed by atoms with Crippen molar-refractivity contribution in [3.63, 3.8) is 0 Å². The molecule has 2 amide bonds. The molecule has 1 aromatic heterocycles. The van der Waals surface area contributed by atoms with Gasteiger partial charge in [-0.15, -0.1) is 0 Å². The second-order valence-electron chi connectivity index (χ2n) is 7.24. The third-order valence-corrected chi connectivity index (χ3v) is 5.45. The van der Waals surface area contributed by atoms with Crippen molar-refractivity contribution in [2.45, 2.75) is 32.4 Å². The summed E-state index contributed by atoms with van der Waals surface area (Å²) in [5, 5.41) is 2.92. The molecule has 2 aliphatic heterocycles. The standard InChI is InChI=1S/C21H26N4O4/c1-28-17-8-3-2-6-15(17)14-22-20(26)19-23-18(16-7-4-5-9-25(16)19)21(27)24-10-12-29-13-11-24/h2-3,6,8H,4-5,7,9-14H2,1H3,(H,22,26). The Hall–Kier alpha value is -2.87. The Balaban J connectivity index is 1.56. The lowest BCUT2D eigenvalue weighted by atomic mass is 10.1. The van der Waals surface area contributed by atoms with Crippen LogP contribution in [0.4, 0.5) is 0 Å². The van der Waals surface area contributed by atoms with Crippen LogP contribution in [0.25, 0.3) is 0 Å². The predicted octanol–water partition coefficient (Wildman–Crippen LogP) is 1.63. The fourth-order valence-corrected chi connectivity index (χ4v) is 3.91. The molecular formula is C21H26N4O4. The molecule has 0 atom stereocenters. The van der Waals surface area contributed by atoms with Crippen LogP contribution in [0.5, 0.6) is 5.75 Å². The first-order chi connectivity index (χ1) is 14.2. The van der Waals surface area contributed by atoms with E-state index in [1.165, 1.54) is 0 Å². The van der Waals surface area contributed by atoms with Crippen LogP contribution in [-0.4, -0.2) is 59.7 Å². The minimum Gasteiger partial charge on any atom is -0.496 e. The second kappa shape index (κ2) is 8.65. The quantitative estimate of drug-likeness (QED) is 0.827. The summed E-state index contributed by atoms with van der Waals surface area (Å²) >= 11 is 0. The monoisotopic (exact) mass is 398 g/mol. The van der Waals surface area contributed by atoms with E-state index in [-0.39, 0.29) is 11.8 Å². The van der Waals surface area contributed by atoms with E-state index in [9.17, 15) is 9.59 Å². The van der Waals surface area contributed by atoms with E-state index in [1.807, 2.05) is 28.8 Å². The van der Waals surface area contributed by atoms with Gasteiger partial charge in [-0.1, -0.05) is 18.2 Å². The molecule has 1 aromatic carbocycles. The molecule has 0 aliphatic carbocycles. The number of nitrogens with zero attached hydrogens (tertiary/aromatic N) is 3. The van der Waals surface area contributed by atoms with Crippen LogP contribution in [0.2, 0.25) is 0 Å². The highest BCUT2D eigenvalue weighted by atomic mass is 16.5. The van der Waals surface area contributed by atoms with Gasteiger partial charge in [0.15, 0.2) is 5.82 Å². The number of para-hydroxylation sites is 1. The van der Waals surface area contributed by atoms with Crippen molar-refractivity contribution in [1.29, 1.82) is 0 Å². The Morgan fingerprint density at radius 2 is 1.97 bits per heavy atom. The lowest BCUT2D eigenvalue weighted by Gasteiger charge is -2.26. The molecule has 154 valence electrons. The summed E-state index contributed by atoms with van der Waals surface area (Å²) in [7, 11) is 1.61. The topological polar surface area (TPSA) is 85.7 Å². The van der Waals surface area contributed by atoms with Crippen molar-refractivity contribution in [3.8, 4) is 5.75 Å². The summed E-state index contributed by atoms with van der Waals surface area (Å²) in [6.45, 7) is 3.22. The molecule has 4 rings (SSSR count). The van der Waals surface area contributed by atoms with E-state index in [4.69, 9.17) is 9.47 Å². The van der Waals surface area contributed by atoms with Crippen molar-refractivity contribution in [2.75, 3.05) is 33.4 Å². The highest BCUT2D eigenvalue weighted by molar-refractivity contribution is 5.97. The fourth-order valence-electron chi connectivity index (χ4n) is 3.91. The molecule has 1 fully saturated rings. The van der Waals surface area contributed by atoms with Crippen LogP contribution < -0.4 is 10.1 Å². The number of benzene rings is 1. The van der Waals surface area contributed by atoms with Gasteiger partial charge in [0.05, 0.1) is 26.0 Å². The number of carbonyl (C=O) groups is 2. The van der Waals surface area contributed by atoms with E-state index in [0.717, 1.165) is 36.3 Å². The number of fused-ring (bicyclic) bond motifs is 1. The molecular weight excluding hydrogens is 372 g/mol. The fraction of sp³-hybridized carbons (Fsp3) is 0.476. The zero-order valence-corrected chi connectivity index (χ0v) is 16.6. The number of rotatable bonds is 5. The maximum atomic E-state index is 13.0. The Bertz CT molecular complexity index is 902. The molecule has 0 radical (unpaired) electrons. The van der Waals surface area contributed by atoms with Crippen molar-refractivity contribution in [3.05, 3.63) is 47.0 Å². The van der Waals surface area contributed by atoms with Crippen molar-refractivity contribution < 1.29 is 19.1 Å². The van der Waals surface area contributed by atoms with Gasteiger partial charge in [-0.25, -0.2) is 4.98 Å². The van der Waals surface area contributed by atoms with Crippen LogP contribution in [0.1, 0.15) is 45.2 Å². The minimum atomic E-state index is -0.278. The van der Waals surface area contributed by atoms with Crippen LogP contribution in [0.3, 0.4) is 0 Å². The van der Waals surface area contributed by atoms with Crippen LogP contribution in [0.15, 0.2) is 24.3 Å². The Morgan fingerprint density at radius 3 is 2.76 bits per heavy atom. The SMILES string of the molecule is COc1ccccc1CNC(=O)c1nc(C(=O)N2CCOCC2)c2n1CCCC2. The first kappa shape index (κ1) is 19.4. The number of ether oxygens (including phenoxy) is 2. The number of methoxy groups -OCH3 is 1. The summed E-state index contributed by atoms with van der Waals surface area (Å²) in [6, 6.07) is 7.56. The van der Waals surface area contributed by atoms with E-state index in [2.05, 4.69) is 10.3 Å². The van der Waals surface area contributed by atoms with Gasteiger partial charge in [0.1, 0.15) is 11.4 Å². The average molecular weight is 398 g/mol. The predicted molar refractivity (Wildman–Crippen MR) is 106 cm³/mol. The molecule has 8 nitrogen and oxygen atoms in total. The number of hydrogen-bond donors (Lipinski definition) is 1. The maximum Gasteiger partial charge on any atom is 0.287 e. The Morgan fingerprint density at radius 1 is 1.17 bits per heavy atom. The summed E-state index contributed by atoms with van der Waals surface area (Å²) in [6.07, 6.45) is 2.73. The first-order valence-electron chi connectivity index (χ1n) is 10.1. The van der Waals surface area contributed by atoms with Crippen molar-refractivity contribution in [1.82, 2.24) is 19.8 Å². The van der Waals surface area contributed by atoms with Crippen LogP contribution in [0, 0.1) is 0 Å². The van der Waals surface area contributed by atoms with Gasteiger partial charge in [-0.2, -0.15) is 0 Å². The highest BCUT2D eigenvalue weighted by Crippen LogP contribution is 2.23. The normalized spacial score (nSPS) is 16.2. The van der Waals surface area contributed by atoms with Gasteiger partial charge in [0.25, 0.3) is 11.8 Å². The van der Waals surface area contributed by atoms with E-state index < -0.39 is 0 Å². The van der Waals surface area contributed by atoms with E-state index >= 15 is 0 Å². The smallest absolute Gasteiger partial charge is 0.287 e. The highest BCUT2D eigenvalue weighted by Gasteiger charge is 2.30. The van der Waals surface area contributed by atoms with Gasteiger partial charge in [0, 0.05) is 31.7 Å². The van der Waals surface area contributed by atoms with Gasteiger partial charge in [-0.3, -0.25) is 9.59 Å². The van der Waals surface area contributed by atoms with Crippen molar-refractivity contribution >= 4 is 11.8 Å². The molecule has 1 saturated heterocycles. The number of aromatic nitrogens is 2. The number of imidazole rings is 1. The molecule has 2 aromatic rings. The largest absolute Gasteiger partial charge is 0.496 e. The molecule has 0 unspecified atom stereocenters. The van der Waals surface area contributed by atoms with E-state index in [1.54, 1.807) is 12.0 Å². The zero-order chi connectivity index (χ0) is 20.2. The van der Waals surface area contributed by atoms with Gasteiger partial charge >= 0.3 is 0 Å². The van der Waals surface area contributed by atoms with Gasteiger partial charge in [0.2, 0.25) is 0 Å². The third kappa shape index (κ3) is 3.98. The Kier molecular flexibility index (Phi) is 5.80. The minimum absolute atomic E-state index is 0.109. The number of hydrogen-bond acceptors (Lipinski definition) is 5. The number of amides is 2. The molecule has 0 saturated carbocycles. The first-order valence-corrected chi connectivity index (χ1v) is 10.1. The Labute approximate surface area is 169 Å². The second-order valence-corrected chi connectivity index (χ2v) is 7.24. The zero-order valence-electron chi connectivity index (χ0n) is 16.6. The molecule has 29 heavy (non-hydrogen) atoms. The van der Waals surface area contributed by atoms with Gasteiger partial charge in [-0.05, 0) is 25.3 Å². The summed E-state index contributed by atoms with van der Waals surface area (Å²) in [5.41, 5.74) is 2.17. The third-order valence-electron chi connectivity index (χ3n) is 5.45. The summed E-state index contributed by atoms with van der Waals surface area (Å²) in [5.74, 6) is 0.648. The van der Waals surface area contributed by atoms with Gasteiger partial charge < -0.3 is 24.3 Å². The lowest BCUT2D eigenvalue weighted by Crippen LogP contribution is -2.41. The molecule has 8 heteroatoms. The molecule has 0 spiro atoms. The molecule has 2 aliphatic rings. The number of nitrogens with one attached hydrogen (secondary N) is 1. The number of carbonyl (C=O) groups excluding carboxylic acids is 2. The summed E-state index contributed by atoms with van der Waals surface area (Å²) in [4.78, 5) is 32.2. The van der Waals surface area contributed by atoms with Crippen molar-refractivity contribution in [2.24, 2.45) is 0 Å². The average Bonchev–Trinajstić information content (AvgIpc) is 3.17. The number of morpholine rings is 1. The maximum absolute atomic E-state index is 13.0. The van der Waals surface area contributed by atoms with E-state index in [0.29, 0.717) is 50.9 Å². The van der Waals surface area contributed by atoms with Crippen LogP contribution >= 0.6 is 0 Å². The summed E-state index contributed by atoms with van der Waals surface area (Å²) < 4.78 is 12.6. The molecule has 1 N–H and O–H groups in total.